The van der Waals surface area contributed by atoms with Crippen LogP contribution in [0.1, 0.15) is 22.3 Å². The quantitative estimate of drug-likeness (QED) is 0.0851. The molecule has 6 heteroatoms. The summed E-state index contributed by atoms with van der Waals surface area (Å²) in [7, 11) is -3.84. The monoisotopic (exact) mass is 1450 g/mol. The number of fused-ring (bicyclic) bond motifs is 20. The van der Waals surface area contributed by atoms with Crippen LogP contribution < -0.4 is 35.7 Å². The second-order valence-corrected chi connectivity index (χ2v) is 37.1. The predicted octanol–water partition coefficient (Wildman–Crippen LogP) is 24.6. The third-order valence-electron chi connectivity index (χ3n) is 24.5. The molecule has 0 saturated carbocycles. The third kappa shape index (κ3) is 10.2. The molecule has 111 heavy (non-hydrogen) atoms. The Balaban J connectivity index is 0.732. The molecule has 0 amide bonds. The molecule has 1 atom stereocenters. The van der Waals surface area contributed by atoms with Crippen molar-refractivity contribution in [3.63, 3.8) is 0 Å². The maximum absolute atomic E-state index is 6.86. The zero-order valence-corrected chi connectivity index (χ0v) is 63.5. The number of rotatable bonds is 13. The van der Waals surface area contributed by atoms with E-state index in [4.69, 9.17) is 8.83 Å². The zero-order chi connectivity index (χ0) is 73.5. The van der Waals surface area contributed by atoms with E-state index in [1.807, 2.05) is 0 Å². The second kappa shape index (κ2) is 25.5. The van der Waals surface area contributed by atoms with E-state index in [1.54, 1.807) is 0 Å². The standard InChI is InChI=1S/C105H72N2O2Si2/c1-110(81-30-6-3-7-31-81)82-32-22-28-72(60-82)74-46-54-100-91(62-74)94-65-79(52-57-103(94)109-100)107(77-49-45-69-25-13-15-27-71(69)59-77)99-67-98-104(89-41-17-16-40-88(89)99)90-53-50-80(66-97(90)105(98)95-42-20-18-38-86(95)87-39-19-21-43-96(87)105)106(76-48-44-68-24-12-14-26-70(68)58-76)78-51-56-102-93(64-78)92-63-75(47-55-101(92)108-102)73-29-23-37-85(61-73)111(2,83-33-8-4-9-34-83)84-35-10-5-11-36-84/h3-67,110H,1-2H3. The van der Waals surface area contributed by atoms with Crippen molar-refractivity contribution < 1.29 is 8.83 Å². The number of benzene rings is 18. The average Bonchev–Trinajstić information content (AvgIpc) is 1.50. The van der Waals surface area contributed by atoms with Gasteiger partial charge in [0.1, 0.15) is 30.4 Å². The van der Waals surface area contributed by atoms with Crippen LogP contribution in [0.5, 0.6) is 0 Å². The van der Waals surface area contributed by atoms with Gasteiger partial charge in [0.05, 0.1) is 19.9 Å². The SMILES string of the molecule is C[SiH](c1ccccc1)c1cccc(-c2ccc3oc4ccc(N(c5ccc6ccccc6c5)c5cc6c(c7ccccc57)-c5ccc(N(c7ccc8ccccc8c7)c7ccc8oc9ccc(-c%10cccc([Si](C)(c%11ccccc%11)c%11ccccc%11)c%10)cc9c8c7)cc5C65c6ccccc6-c6ccccc65)cc4c3c2)c1. The normalized spacial score (nSPS) is 13.0. The molecule has 22 rings (SSSR count). The summed E-state index contributed by atoms with van der Waals surface area (Å²) in [5.41, 5.74) is 23.6. The minimum absolute atomic E-state index is 0.767. The van der Waals surface area contributed by atoms with Crippen molar-refractivity contribution >= 4 is 153 Å². The van der Waals surface area contributed by atoms with E-state index in [1.165, 1.54) is 114 Å². The van der Waals surface area contributed by atoms with Crippen molar-refractivity contribution in [1.82, 2.24) is 0 Å². The average molecular weight is 1450 g/mol. The Morgan fingerprint density at radius 3 is 1.29 bits per heavy atom. The molecule has 18 aromatic carbocycles. The Bertz CT molecular complexity index is 7080. The lowest BCUT2D eigenvalue weighted by molar-refractivity contribution is 0.668. The third-order valence-corrected chi connectivity index (χ3v) is 31.6. The smallest absolute Gasteiger partial charge is 0.145 e. The Morgan fingerprint density at radius 2 is 0.685 bits per heavy atom. The van der Waals surface area contributed by atoms with Gasteiger partial charge in [0.15, 0.2) is 0 Å². The first-order valence-electron chi connectivity index (χ1n) is 38.6. The van der Waals surface area contributed by atoms with E-state index >= 15 is 0 Å². The van der Waals surface area contributed by atoms with E-state index in [-0.39, 0.29) is 0 Å². The fraction of sp³-hybridized carbons (Fsp3) is 0.0286. The van der Waals surface area contributed by atoms with Gasteiger partial charge >= 0.3 is 0 Å². The van der Waals surface area contributed by atoms with E-state index in [9.17, 15) is 0 Å². The molecule has 2 heterocycles. The molecule has 0 N–H and O–H groups in total. The minimum atomic E-state index is -2.41. The van der Waals surface area contributed by atoms with Crippen LogP contribution in [0.4, 0.5) is 34.1 Å². The van der Waals surface area contributed by atoms with Crippen LogP contribution in [-0.4, -0.2) is 16.9 Å². The van der Waals surface area contributed by atoms with E-state index < -0.39 is 22.3 Å². The maximum Gasteiger partial charge on any atom is 0.145 e. The van der Waals surface area contributed by atoms with Crippen molar-refractivity contribution in [3.05, 3.63) is 417 Å². The van der Waals surface area contributed by atoms with Crippen molar-refractivity contribution in [2.45, 2.75) is 18.5 Å². The van der Waals surface area contributed by atoms with Crippen LogP contribution in [0.2, 0.25) is 13.1 Å². The highest BCUT2D eigenvalue weighted by Crippen LogP contribution is 2.66. The highest BCUT2D eigenvalue weighted by atomic mass is 28.3. The molecule has 0 radical (unpaired) electrons. The summed E-state index contributed by atoms with van der Waals surface area (Å²) in [6.07, 6.45) is 0. The van der Waals surface area contributed by atoms with Crippen LogP contribution in [0.15, 0.2) is 403 Å². The molecule has 0 bridgehead atoms. The molecule has 2 aliphatic carbocycles. The summed E-state index contributed by atoms with van der Waals surface area (Å²) in [5.74, 6) is 0. The number of hydrogen-bond acceptors (Lipinski definition) is 4. The van der Waals surface area contributed by atoms with Gasteiger partial charge < -0.3 is 18.6 Å². The van der Waals surface area contributed by atoms with E-state index in [2.05, 4.69) is 417 Å². The molecule has 20 aromatic rings. The number of nitrogens with zero attached hydrogens (tertiary/aromatic N) is 2. The second-order valence-electron chi connectivity index (χ2n) is 30.4. The number of anilines is 6. The largest absolute Gasteiger partial charge is 0.456 e. The van der Waals surface area contributed by atoms with Gasteiger partial charge in [-0.3, -0.25) is 0 Å². The molecule has 0 saturated heterocycles. The topological polar surface area (TPSA) is 32.8 Å². The van der Waals surface area contributed by atoms with Gasteiger partial charge in [0, 0.05) is 55.4 Å². The fourth-order valence-corrected chi connectivity index (χ4v) is 24.5. The van der Waals surface area contributed by atoms with Crippen LogP contribution in [0, 0.1) is 0 Å². The molecule has 2 aromatic heterocycles. The van der Waals surface area contributed by atoms with Gasteiger partial charge in [-0.1, -0.05) is 315 Å². The Labute approximate surface area is 646 Å². The molecule has 2 aliphatic rings. The zero-order valence-electron chi connectivity index (χ0n) is 61.3. The summed E-state index contributed by atoms with van der Waals surface area (Å²) < 4.78 is 13.7. The molecular formula is C105H72N2O2Si2. The van der Waals surface area contributed by atoms with Crippen molar-refractivity contribution in [1.29, 1.82) is 0 Å². The van der Waals surface area contributed by atoms with E-state index in [0.717, 1.165) is 89.0 Å². The van der Waals surface area contributed by atoms with Gasteiger partial charge in [0.25, 0.3) is 0 Å². The molecule has 0 aliphatic heterocycles. The van der Waals surface area contributed by atoms with Gasteiger partial charge in [-0.15, -0.1) is 0 Å². The molecule has 0 fully saturated rings. The predicted molar refractivity (Wildman–Crippen MR) is 472 cm³/mol. The highest BCUT2D eigenvalue weighted by molar-refractivity contribution is 7.10. The van der Waals surface area contributed by atoms with Gasteiger partial charge in [0.2, 0.25) is 0 Å². The van der Waals surface area contributed by atoms with E-state index in [0.29, 0.717) is 0 Å². The van der Waals surface area contributed by atoms with Crippen LogP contribution >= 0.6 is 0 Å². The molecule has 4 nitrogen and oxygen atoms in total. The lowest BCUT2D eigenvalue weighted by atomic mass is 9.70. The summed E-state index contributed by atoms with van der Waals surface area (Å²) >= 11 is 0. The van der Waals surface area contributed by atoms with Crippen LogP contribution in [0.25, 0.3) is 121 Å². The van der Waals surface area contributed by atoms with Gasteiger partial charge in [-0.2, -0.15) is 0 Å². The Morgan fingerprint density at radius 1 is 0.261 bits per heavy atom. The highest BCUT2D eigenvalue weighted by Gasteiger charge is 2.53. The molecular weight excluding hydrogens is 1380 g/mol. The lowest BCUT2D eigenvalue weighted by Gasteiger charge is -2.34. The lowest BCUT2D eigenvalue weighted by Crippen LogP contribution is -2.64. The summed E-state index contributed by atoms with van der Waals surface area (Å²) in [5, 5.41) is 18.3. The van der Waals surface area contributed by atoms with Gasteiger partial charge in [-0.05, 0) is 212 Å². The molecule has 1 spiro atoms. The first kappa shape index (κ1) is 64.5. The number of furan rings is 2. The van der Waals surface area contributed by atoms with Crippen LogP contribution in [0.3, 0.4) is 0 Å². The first-order valence-corrected chi connectivity index (χ1v) is 43.4. The van der Waals surface area contributed by atoms with Crippen molar-refractivity contribution in [3.8, 4) is 44.5 Å². The summed E-state index contributed by atoms with van der Waals surface area (Å²) in [4.78, 5) is 5.01. The number of hydrogen-bond donors (Lipinski definition) is 0. The first-order chi connectivity index (χ1) is 54.8. The Kier molecular flexibility index (Phi) is 14.8. The minimum Gasteiger partial charge on any atom is -0.456 e. The summed E-state index contributed by atoms with van der Waals surface area (Å²) in [6.45, 7) is 4.93. The van der Waals surface area contributed by atoms with Crippen molar-refractivity contribution in [2.24, 2.45) is 0 Å². The molecule has 522 valence electrons. The van der Waals surface area contributed by atoms with Gasteiger partial charge in [-0.25, -0.2) is 0 Å². The molecule has 1 unspecified atom stereocenters. The fourth-order valence-electron chi connectivity index (χ4n) is 18.9. The Hall–Kier alpha value is -13.6. The van der Waals surface area contributed by atoms with Crippen LogP contribution in [-0.2, 0) is 5.41 Å². The summed E-state index contributed by atoms with van der Waals surface area (Å²) in [6, 6.07) is 148. The van der Waals surface area contributed by atoms with Crippen molar-refractivity contribution in [2.75, 3.05) is 9.80 Å². The maximum atomic E-state index is 6.86.